The summed E-state index contributed by atoms with van der Waals surface area (Å²) >= 11 is 0. The number of amides is 2. The number of carbonyl (C=O) groups is 1. The van der Waals surface area contributed by atoms with Gasteiger partial charge in [-0.1, -0.05) is 24.3 Å². The number of hydrogen-bond donors (Lipinski definition) is 1. The number of carbonyl (C=O) groups excluding carboxylic acids is 1. The van der Waals surface area contributed by atoms with E-state index in [4.69, 9.17) is 0 Å². The molecule has 1 N–H and O–H groups in total. The smallest absolute Gasteiger partial charge is 0.406 e. The highest BCUT2D eigenvalue weighted by Gasteiger charge is 2.31. The standard InChI is InChI=1S/C17H15F3N2O2/c18-17(19,20)24-15-7-5-14(6-8-15)21-16(23)22-10-9-12-3-1-2-4-13(12)11-22/h1-8H,9-11H2,(H,21,23). The molecule has 1 aliphatic rings. The molecule has 0 aromatic heterocycles. The Bertz CT molecular complexity index is 729. The van der Waals surface area contributed by atoms with Gasteiger partial charge in [0.25, 0.3) is 0 Å². The van der Waals surface area contributed by atoms with Crippen LogP contribution >= 0.6 is 0 Å². The average Bonchev–Trinajstić information content (AvgIpc) is 2.55. The fraction of sp³-hybridized carbons (Fsp3) is 0.235. The summed E-state index contributed by atoms with van der Waals surface area (Å²) in [7, 11) is 0. The van der Waals surface area contributed by atoms with Crippen molar-refractivity contribution in [1.82, 2.24) is 4.90 Å². The van der Waals surface area contributed by atoms with Crippen molar-refractivity contribution in [2.24, 2.45) is 0 Å². The SMILES string of the molecule is O=C(Nc1ccc(OC(F)(F)F)cc1)N1CCc2ccccc2C1. The molecule has 4 nitrogen and oxygen atoms in total. The fourth-order valence-electron chi connectivity index (χ4n) is 2.61. The summed E-state index contributed by atoms with van der Waals surface area (Å²) in [4.78, 5) is 14.0. The zero-order chi connectivity index (χ0) is 17.2. The summed E-state index contributed by atoms with van der Waals surface area (Å²) in [5, 5.41) is 2.68. The first-order chi connectivity index (χ1) is 11.4. The van der Waals surface area contributed by atoms with Crippen LogP contribution in [0.3, 0.4) is 0 Å². The highest BCUT2D eigenvalue weighted by Crippen LogP contribution is 2.24. The molecule has 2 amide bonds. The minimum atomic E-state index is -4.73. The van der Waals surface area contributed by atoms with Crippen molar-refractivity contribution in [3.8, 4) is 5.75 Å². The Morgan fingerprint density at radius 3 is 2.38 bits per heavy atom. The lowest BCUT2D eigenvalue weighted by molar-refractivity contribution is -0.274. The van der Waals surface area contributed by atoms with Crippen LogP contribution in [0.15, 0.2) is 48.5 Å². The molecule has 0 fully saturated rings. The number of hydrogen-bond acceptors (Lipinski definition) is 2. The Labute approximate surface area is 136 Å². The molecular formula is C17H15F3N2O2. The van der Waals surface area contributed by atoms with Gasteiger partial charge in [0.05, 0.1) is 0 Å². The summed E-state index contributed by atoms with van der Waals surface area (Å²) in [6, 6.07) is 12.7. The lowest BCUT2D eigenvalue weighted by Crippen LogP contribution is -2.38. The van der Waals surface area contributed by atoms with Crippen molar-refractivity contribution in [1.29, 1.82) is 0 Å². The molecule has 24 heavy (non-hydrogen) atoms. The van der Waals surface area contributed by atoms with Gasteiger partial charge in [-0.15, -0.1) is 13.2 Å². The number of urea groups is 1. The van der Waals surface area contributed by atoms with Gasteiger partial charge in [-0.2, -0.15) is 0 Å². The first kappa shape index (κ1) is 16.2. The molecule has 0 radical (unpaired) electrons. The molecule has 0 saturated carbocycles. The molecule has 1 heterocycles. The van der Waals surface area contributed by atoms with Crippen LogP contribution in [-0.2, 0) is 13.0 Å². The highest BCUT2D eigenvalue weighted by atomic mass is 19.4. The molecule has 1 aliphatic heterocycles. The summed E-state index contributed by atoms with van der Waals surface area (Å²) in [5.74, 6) is -0.326. The van der Waals surface area contributed by atoms with Gasteiger partial charge in [-0.3, -0.25) is 0 Å². The van der Waals surface area contributed by atoms with Gasteiger partial charge in [-0.25, -0.2) is 4.79 Å². The number of nitrogens with zero attached hydrogens (tertiary/aromatic N) is 1. The van der Waals surface area contributed by atoms with Gasteiger partial charge in [0.2, 0.25) is 0 Å². The lowest BCUT2D eigenvalue weighted by atomic mass is 10.0. The number of fused-ring (bicyclic) bond motifs is 1. The quantitative estimate of drug-likeness (QED) is 0.894. The second-order valence-corrected chi connectivity index (χ2v) is 5.44. The average molecular weight is 336 g/mol. The van der Waals surface area contributed by atoms with Crippen LogP contribution in [0.5, 0.6) is 5.75 Å². The fourth-order valence-corrected chi connectivity index (χ4v) is 2.61. The van der Waals surface area contributed by atoms with Crippen molar-refractivity contribution >= 4 is 11.7 Å². The first-order valence-electron chi connectivity index (χ1n) is 7.39. The van der Waals surface area contributed by atoms with Crippen LogP contribution in [0, 0.1) is 0 Å². The number of benzene rings is 2. The van der Waals surface area contributed by atoms with E-state index in [-0.39, 0.29) is 11.8 Å². The van der Waals surface area contributed by atoms with Crippen molar-refractivity contribution in [2.75, 3.05) is 11.9 Å². The molecule has 0 bridgehead atoms. The minimum Gasteiger partial charge on any atom is -0.406 e. The number of ether oxygens (including phenoxy) is 1. The molecule has 0 saturated heterocycles. The summed E-state index contributed by atoms with van der Waals surface area (Å²) < 4.78 is 40.1. The number of halogens is 3. The van der Waals surface area contributed by atoms with Gasteiger partial charge in [0.15, 0.2) is 0 Å². The maximum Gasteiger partial charge on any atom is 0.573 e. The third-order valence-corrected chi connectivity index (χ3v) is 3.76. The van der Waals surface area contributed by atoms with Crippen molar-refractivity contribution in [3.05, 3.63) is 59.7 Å². The molecule has 0 atom stereocenters. The zero-order valence-corrected chi connectivity index (χ0v) is 12.6. The van der Waals surface area contributed by atoms with Crippen molar-refractivity contribution in [2.45, 2.75) is 19.3 Å². The van der Waals surface area contributed by atoms with Crippen molar-refractivity contribution < 1.29 is 22.7 Å². The zero-order valence-electron chi connectivity index (χ0n) is 12.6. The number of alkyl halides is 3. The van der Waals surface area contributed by atoms with E-state index >= 15 is 0 Å². The number of anilines is 1. The second-order valence-electron chi connectivity index (χ2n) is 5.44. The third kappa shape index (κ3) is 3.98. The van der Waals surface area contributed by atoms with E-state index in [1.807, 2.05) is 24.3 Å². The number of rotatable bonds is 2. The lowest BCUT2D eigenvalue weighted by Gasteiger charge is -2.29. The van der Waals surface area contributed by atoms with Crippen LogP contribution in [0.25, 0.3) is 0 Å². The van der Waals surface area contributed by atoms with Crippen molar-refractivity contribution in [3.63, 3.8) is 0 Å². The van der Waals surface area contributed by atoms with Gasteiger partial charge >= 0.3 is 12.4 Å². The van der Waals surface area contributed by atoms with E-state index < -0.39 is 6.36 Å². The van der Waals surface area contributed by atoms with Crippen LogP contribution in [0.4, 0.5) is 23.7 Å². The number of nitrogens with one attached hydrogen (secondary N) is 1. The monoisotopic (exact) mass is 336 g/mol. The molecule has 0 unspecified atom stereocenters. The van der Waals surface area contributed by atoms with Crippen LogP contribution in [0.2, 0.25) is 0 Å². The third-order valence-electron chi connectivity index (χ3n) is 3.76. The molecule has 3 rings (SSSR count). The molecule has 0 spiro atoms. The Kier molecular flexibility index (Phi) is 4.33. The molecular weight excluding hydrogens is 321 g/mol. The van der Waals surface area contributed by atoms with E-state index in [2.05, 4.69) is 10.1 Å². The van der Waals surface area contributed by atoms with E-state index in [1.165, 1.54) is 17.7 Å². The highest BCUT2D eigenvalue weighted by molar-refractivity contribution is 5.89. The predicted molar refractivity (Wildman–Crippen MR) is 82.7 cm³/mol. The molecule has 126 valence electrons. The Morgan fingerprint density at radius 2 is 1.71 bits per heavy atom. The summed E-state index contributed by atoms with van der Waals surface area (Å²) in [6.07, 6.45) is -3.95. The Balaban J connectivity index is 1.61. The summed E-state index contributed by atoms with van der Waals surface area (Å²) in [5.41, 5.74) is 2.75. The van der Waals surface area contributed by atoms with Gasteiger partial charge in [-0.05, 0) is 41.8 Å². The van der Waals surface area contributed by atoms with Gasteiger partial charge in [0, 0.05) is 18.8 Å². The second kappa shape index (κ2) is 6.43. The molecule has 7 heteroatoms. The summed E-state index contributed by atoms with van der Waals surface area (Å²) in [6.45, 7) is 1.11. The largest absolute Gasteiger partial charge is 0.573 e. The molecule has 2 aromatic carbocycles. The molecule has 0 aliphatic carbocycles. The maximum absolute atomic E-state index is 12.3. The van der Waals surface area contributed by atoms with Gasteiger partial charge < -0.3 is 15.0 Å². The minimum absolute atomic E-state index is 0.283. The van der Waals surface area contributed by atoms with Crippen LogP contribution in [0.1, 0.15) is 11.1 Å². The van der Waals surface area contributed by atoms with Crippen LogP contribution in [-0.4, -0.2) is 23.8 Å². The van der Waals surface area contributed by atoms with E-state index in [0.717, 1.165) is 24.1 Å². The Hall–Kier alpha value is -2.70. The van der Waals surface area contributed by atoms with E-state index in [0.29, 0.717) is 18.8 Å². The van der Waals surface area contributed by atoms with E-state index in [1.54, 1.807) is 4.90 Å². The first-order valence-corrected chi connectivity index (χ1v) is 7.39. The van der Waals surface area contributed by atoms with E-state index in [9.17, 15) is 18.0 Å². The van der Waals surface area contributed by atoms with Gasteiger partial charge in [0.1, 0.15) is 5.75 Å². The molecule has 2 aromatic rings. The van der Waals surface area contributed by atoms with Crippen LogP contribution < -0.4 is 10.1 Å². The Morgan fingerprint density at radius 1 is 1.04 bits per heavy atom. The maximum atomic E-state index is 12.3. The topological polar surface area (TPSA) is 41.6 Å². The predicted octanol–water partition coefficient (Wildman–Crippen LogP) is 4.18. The normalized spacial score (nSPS) is 14.0.